The molecule has 16 bridgehead atoms. The Hall–Kier alpha value is -10.9. The molecule has 18 rings (SSSR count). The Balaban J connectivity index is 0.000000264. The average molecular weight is 1840 g/mol. The first-order valence-electron chi connectivity index (χ1n) is 41.4. The van der Waals surface area contributed by atoms with Crippen LogP contribution in [0.2, 0.25) is 0 Å². The summed E-state index contributed by atoms with van der Waals surface area (Å²) in [6.07, 6.45) is 43.1. The number of hydrogen-bond donors (Lipinski definition) is 0. The molecule has 4 aliphatic heterocycles. The van der Waals surface area contributed by atoms with Gasteiger partial charge >= 0.3 is 34.1 Å². The van der Waals surface area contributed by atoms with Crippen molar-refractivity contribution in [2.24, 2.45) is 0 Å². The van der Waals surface area contributed by atoms with Crippen molar-refractivity contribution in [3.8, 4) is 90.6 Å². The van der Waals surface area contributed by atoms with Gasteiger partial charge in [-0.3, -0.25) is 0 Å². The Morgan fingerprint density at radius 1 is 0.226 bits per heavy atom. The Labute approximate surface area is 778 Å². The molecule has 638 valence electrons. The average Bonchev–Trinajstić information content (AvgIpc) is 1.59. The van der Waals surface area contributed by atoms with Gasteiger partial charge in [-0.05, 0) is 156 Å². The summed E-state index contributed by atoms with van der Waals surface area (Å²) in [4.78, 5) is 44.3. The smallest absolute Gasteiger partial charge is 1.00 e. The van der Waals surface area contributed by atoms with Gasteiger partial charge in [0, 0.05) is 48.5 Å². The van der Waals surface area contributed by atoms with Crippen LogP contribution in [0.25, 0.3) is 183 Å². The first kappa shape index (κ1) is 96.9. The number of fused-ring (bicyclic) bond motifs is 16. The first-order chi connectivity index (χ1) is 57.0. The Kier molecular flexibility index (Phi) is 33.0. The second kappa shape index (κ2) is 42.2. The van der Waals surface area contributed by atoms with Crippen LogP contribution in [0, 0.1) is 0 Å². The van der Waals surface area contributed by atoms with Crippen molar-refractivity contribution < 1.29 is 133 Å². The van der Waals surface area contributed by atoms with Gasteiger partial charge in [0.1, 0.15) is 75.8 Å². The molecule has 18 heterocycles. The summed E-state index contributed by atoms with van der Waals surface area (Å²) < 4.78 is 27.5. The van der Waals surface area contributed by atoms with Crippen LogP contribution in [0.15, 0.2) is 196 Å². The number of aryl methyl sites for hydroxylation is 12. The minimum absolute atomic E-state index is 0. The predicted molar refractivity (Wildman–Crippen MR) is 465 cm³/mol. The van der Waals surface area contributed by atoms with Gasteiger partial charge in [-0.15, -0.1) is 44.1 Å². The fourth-order valence-electron chi connectivity index (χ4n) is 17.1. The summed E-state index contributed by atoms with van der Waals surface area (Å²) >= 11 is 0. The topological polar surface area (TPSA) is 159 Å². The van der Waals surface area contributed by atoms with Crippen molar-refractivity contribution in [3.63, 3.8) is 0 Å². The van der Waals surface area contributed by atoms with Gasteiger partial charge in [-0.1, -0.05) is 56.0 Å². The maximum Gasteiger partial charge on any atom is 2.00 e. The van der Waals surface area contributed by atoms with E-state index < -0.39 is 0 Å². The van der Waals surface area contributed by atoms with Gasteiger partial charge in [-0.2, -0.15) is 18.3 Å². The molecule has 27 heteroatoms. The summed E-state index contributed by atoms with van der Waals surface area (Å²) in [6.45, 7) is 35.9. The molecule has 14 aromatic rings. The van der Waals surface area contributed by atoms with Crippen LogP contribution in [-0.2, 0) is 113 Å². The molecule has 0 saturated heterocycles. The van der Waals surface area contributed by atoms with Crippen molar-refractivity contribution in [1.29, 1.82) is 0 Å². The van der Waals surface area contributed by atoms with Crippen LogP contribution in [0.1, 0.15) is 136 Å². The summed E-state index contributed by atoms with van der Waals surface area (Å²) in [5, 5.41) is 0. The molecule has 0 atom stereocenters. The molecule has 0 amide bonds. The quantitative estimate of drug-likeness (QED) is 0.0792. The van der Waals surface area contributed by atoms with E-state index in [2.05, 4.69) is 382 Å². The molecule has 0 aliphatic carbocycles. The summed E-state index contributed by atoms with van der Waals surface area (Å²) in [7, 11) is 0. The van der Waals surface area contributed by atoms with Gasteiger partial charge in [0.2, 0.25) is 22.8 Å². The van der Waals surface area contributed by atoms with E-state index in [1.807, 2.05) is 0 Å². The largest absolute Gasteiger partial charge is 2.00 e. The molecule has 14 aromatic heterocycles. The Morgan fingerprint density at radius 3 is 0.565 bits per heavy atom. The fourth-order valence-corrected chi connectivity index (χ4v) is 17.1. The van der Waals surface area contributed by atoms with E-state index in [1.165, 1.54) is 0 Å². The van der Waals surface area contributed by atoms with Crippen molar-refractivity contribution in [3.05, 3.63) is 241 Å². The van der Waals surface area contributed by atoms with Gasteiger partial charge in [0.15, 0.2) is 24.8 Å². The molecule has 0 unspecified atom stereocenters. The van der Waals surface area contributed by atoms with Crippen LogP contribution in [0.5, 0.6) is 0 Å². The zero-order valence-electron chi connectivity index (χ0n) is 71.2. The summed E-state index contributed by atoms with van der Waals surface area (Å²) in [5.74, 6) is 4.29. The van der Waals surface area contributed by atoms with E-state index in [-0.39, 0.29) is 104 Å². The maximum atomic E-state index is 5.59. The Bertz CT molecular complexity index is 5840. The molecule has 0 fully saturated rings. The van der Waals surface area contributed by atoms with Crippen LogP contribution in [-0.4, -0.2) is 38.2 Å². The van der Waals surface area contributed by atoms with E-state index in [4.69, 9.17) is 39.9 Å². The van der Waals surface area contributed by atoms with Gasteiger partial charge < -0.3 is 82.0 Å². The Morgan fingerprint density at radius 2 is 0.395 bits per heavy atom. The summed E-state index contributed by atoms with van der Waals surface area (Å²) in [5.41, 5.74) is 25.8. The SMILES string of the molecule is C.CC[n+]1ccccc1-c1c2nc(c(-c3cccc[n+]3CC)c3ccc([n-]3)c(-c3cccc[n+]3CC)c3nc(c(-c4cccc[n+]4CC)c4ccc1[n-]4)C=C3)C=C2.CCn1cc[n+](CC)c1-c1c2nc(c(-c3n(CC)cc[n+]3CC)c3ccc([n-]3)c(-c3n(CC)cc[n+]3CC)c3nc(c(-c4n(CC)cc[n+]4CC)c4ccc1[n-]4)C=C3)C=C2.[Cl-].[Cl-].[Cl-].[Cl-].[Cl-].[Mn+2].[Mn+2]. The third-order valence-corrected chi connectivity index (χ3v) is 22.9. The number of nitrogens with zero attached hydrogens (tertiary/aromatic N) is 20. The standard InChI is InChI=1S/C48H56N12.C48H44N8.CH4.5ClH.2Mn/c1-9-53-25-26-54(10-2)45(53)41-33-17-19-35(49-33)42(46-55(11-3)27-28-56(46)12-4)37-21-23-39(51-37)44(48-59(15-7)31-32-60(48)16-8)40-24-22-38(52-40)43(36-20-18-34(41)50-36)47-57(13-5)29-30-58(47)14-6;1-5-53-29-13-9-17-41(53)45-33-21-23-35(49-33)46(42-18-10-14-30-54(42)6-2)37-25-27-39(51-37)48(44-20-12-16-32-56(44)8-4)40-28-26-38(52-40)47(36-24-22-34(45)50-36)43-19-11-15-31-55(43)7-3;;;;;;;;/h17-32H,9-16H2,1-8H3;9-32H,5-8H2,1-4H3;1H4;5*1H;;/q2*+2;;;;;;;2*+2/p-5. The predicted octanol–water partition coefficient (Wildman–Crippen LogP) is 0.559. The monoisotopic (exact) mass is 1830 g/mol. The van der Waals surface area contributed by atoms with Crippen LogP contribution < -0.4 is 119 Å². The molecule has 124 heavy (non-hydrogen) atoms. The zero-order chi connectivity index (χ0) is 79.8. The number of hydrogen-bond acceptors (Lipinski definition) is 4. The molecule has 0 spiro atoms. The van der Waals surface area contributed by atoms with E-state index in [0.717, 1.165) is 259 Å². The molecule has 4 aliphatic rings. The number of rotatable bonds is 20. The zero-order valence-corrected chi connectivity index (χ0v) is 77.3. The van der Waals surface area contributed by atoms with Crippen LogP contribution >= 0.6 is 0 Å². The van der Waals surface area contributed by atoms with E-state index in [1.54, 1.807) is 0 Å². The van der Waals surface area contributed by atoms with E-state index >= 15 is 0 Å². The van der Waals surface area contributed by atoms with Crippen LogP contribution in [0.3, 0.4) is 0 Å². The molecule has 0 aromatic carbocycles. The number of imidazole rings is 4. The van der Waals surface area contributed by atoms with E-state index in [9.17, 15) is 0 Å². The normalized spacial score (nSPS) is 11.5. The molecular formula is C97H104Cl5Mn2N20+3. The van der Waals surface area contributed by atoms with Crippen molar-refractivity contribution in [2.45, 2.75) is 169 Å². The maximum absolute atomic E-state index is 5.59. The minimum atomic E-state index is 0. The van der Waals surface area contributed by atoms with E-state index in [0.29, 0.717) is 0 Å². The van der Waals surface area contributed by atoms with Crippen molar-refractivity contribution >= 4 is 92.7 Å². The van der Waals surface area contributed by atoms with Crippen molar-refractivity contribution in [1.82, 2.24) is 58.1 Å². The van der Waals surface area contributed by atoms with Gasteiger partial charge in [0.05, 0.1) is 142 Å². The van der Waals surface area contributed by atoms with Gasteiger partial charge in [0.25, 0.3) is 23.3 Å². The van der Waals surface area contributed by atoms with Crippen molar-refractivity contribution in [2.75, 3.05) is 0 Å². The van der Waals surface area contributed by atoms with Crippen LogP contribution in [0.4, 0.5) is 0 Å². The number of aromatic nitrogens is 20. The first-order valence-corrected chi connectivity index (χ1v) is 41.4. The summed E-state index contributed by atoms with van der Waals surface area (Å²) in [6, 6.07) is 42.5. The number of halogens is 5. The molecule has 2 radical (unpaired) electrons. The third-order valence-electron chi connectivity index (χ3n) is 22.9. The minimum Gasteiger partial charge on any atom is -1.00 e. The van der Waals surface area contributed by atoms with Gasteiger partial charge in [-0.25, -0.2) is 56.5 Å². The molecular weight excluding hydrogens is 1730 g/mol. The second-order valence-corrected chi connectivity index (χ2v) is 29.0. The second-order valence-electron chi connectivity index (χ2n) is 29.0. The third kappa shape index (κ3) is 17.5. The molecule has 0 saturated carbocycles. The molecule has 0 N–H and O–H groups in total. The molecule has 20 nitrogen and oxygen atoms in total. The fraction of sp³-hybridized carbons (Fsp3) is 0.258. The number of pyridine rings is 4.